The second-order valence-corrected chi connectivity index (χ2v) is 8.20. The standard InChI is InChI=1S/C23H27BrN2O4/c1-29-22-13-19(15-25-12-11-17-5-3-2-4-6-17)21(24)14-23(22)30-16-18-7-9-20(10-8-18)26(27)28/h5,7-10,13-14,25H,2-4,6,11-12,15-16H2,1H3. The molecule has 1 aliphatic rings. The molecule has 0 heterocycles. The van der Waals surface area contributed by atoms with Crippen LogP contribution in [-0.2, 0) is 13.2 Å². The van der Waals surface area contributed by atoms with Crippen molar-refractivity contribution >= 4 is 21.6 Å². The van der Waals surface area contributed by atoms with E-state index in [-0.39, 0.29) is 5.69 Å². The van der Waals surface area contributed by atoms with E-state index in [4.69, 9.17) is 9.47 Å². The monoisotopic (exact) mass is 474 g/mol. The molecule has 0 saturated carbocycles. The summed E-state index contributed by atoms with van der Waals surface area (Å²) in [6.07, 6.45) is 8.59. The molecule has 1 N–H and O–H groups in total. The molecule has 160 valence electrons. The molecule has 7 heteroatoms. The molecule has 0 atom stereocenters. The number of benzene rings is 2. The van der Waals surface area contributed by atoms with Crippen molar-refractivity contribution in [2.75, 3.05) is 13.7 Å². The van der Waals surface area contributed by atoms with Crippen molar-refractivity contribution in [3.8, 4) is 11.5 Å². The zero-order valence-corrected chi connectivity index (χ0v) is 18.7. The highest BCUT2D eigenvalue weighted by Gasteiger charge is 2.12. The van der Waals surface area contributed by atoms with Crippen LogP contribution in [-0.4, -0.2) is 18.6 Å². The second kappa shape index (κ2) is 11.1. The van der Waals surface area contributed by atoms with Gasteiger partial charge in [-0.15, -0.1) is 0 Å². The summed E-state index contributed by atoms with van der Waals surface area (Å²) >= 11 is 3.63. The van der Waals surface area contributed by atoms with Gasteiger partial charge in [0.25, 0.3) is 5.69 Å². The van der Waals surface area contributed by atoms with Crippen LogP contribution in [0.4, 0.5) is 5.69 Å². The van der Waals surface area contributed by atoms with Gasteiger partial charge in [-0.1, -0.05) is 27.6 Å². The summed E-state index contributed by atoms with van der Waals surface area (Å²) in [4.78, 5) is 10.4. The summed E-state index contributed by atoms with van der Waals surface area (Å²) < 4.78 is 12.4. The van der Waals surface area contributed by atoms with E-state index in [1.54, 1.807) is 24.8 Å². The predicted octanol–water partition coefficient (Wildman–Crippen LogP) is 5.93. The van der Waals surface area contributed by atoms with Crippen LogP contribution in [0.5, 0.6) is 11.5 Å². The summed E-state index contributed by atoms with van der Waals surface area (Å²) in [5.74, 6) is 1.28. The first-order valence-electron chi connectivity index (χ1n) is 10.2. The van der Waals surface area contributed by atoms with E-state index in [9.17, 15) is 10.1 Å². The molecule has 30 heavy (non-hydrogen) atoms. The molecule has 0 bridgehead atoms. The Labute approximate surface area is 185 Å². The minimum atomic E-state index is -0.413. The molecule has 0 saturated heterocycles. The van der Waals surface area contributed by atoms with E-state index < -0.39 is 4.92 Å². The van der Waals surface area contributed by atoms with Gasteiger partial charge < -0.3 is 14.8 Å². The highest BCUT2D eigenvalue weighted by atomic mass is 79.9. The lowest BCUT2D eigenvalue weighted by Gasteiger charge is -2.15. The van der Waals surface area contributed by atoms with Gasteiger partial charge in [-0.3, -0.25) is 10.1 Å². The zero-order chi connectivity index (χ0) is 21.3. The fourth-order valence-electron chi connectivity index (χ4n) is 3.46. The normalized spacial score (nSPS) is 13.6. The molecule has 2 aromatic rings. The number of rotatable bonds is 10. The Morgan fingerprint density at radius 3 is 2.63 bits per heavy atom. The van der Waals surface area contributed by atoms with E-state index in [1.807, 2.05) is 12.1 Å². The van der Waals surface area contributed by atoms with Gasteiger partial charge in [0, 0.05) is 23.2 Å². The second-order valence-electron chi connectivity index (χ2n) is 7.34. The van der Waals surface area contributed by atoms with Gasteiger partial charge in [0.05, 0.1) is 12.0 Å². The molecule has 6 nitrogen and oxygen atoms in total. The van der Waals surface area contributed by atoms with Gasteiger partial charge in [0.2, 0.25) is 0 Å². The number of nitro groups is 1. The summed E-state index contributed by atoms with van der Waals surface area (Å²) in [6.45, 7) is 2.00. The van der Waals surface area contributed by atoms with E-state index in [0.29, 0.717) is 18.1 Å². The number of nitro benzene ring substituents is 1. The third-order valence-corrected chi connectivity index (χ3v) is 5.94. The molecule has 0 amide bonds. The number of hydrogen-bond donors (Lipinski definition) is 1. The molecule has 0 aliphatic heterocycles. The Morgan fingerprint density at radius 1 is 1.17 bits per heavy atom. The Kier molecular flexibility index (Phi) is 8.28. The van der Waals surface area contributed by atoms with Gasteiger partial charge in [-0.2, -0.15) is 0 Å². The lowest BCUT2D eigenvalue weighted by molar-refractivity contribution is -0.384. The lowest BCUT2D eigenvalue weighted by Crippen LogP contribution is -2.16. The Bertz CT molecular complexity index is 897. The molecule has 0 spiro atoms. The van der Waals surface area contributed by atoms with Crippen molar-refractivity contribution < 1.29 is 14.4 Å². The summed E-state index contributed by atoms with van der Waals surface area (Å²) in [5.41, 5.74) is 3.59. The van der Waals surface area contributed by atoms with Crippen molar-refractivity contribution in [1.82, 2.24) is 5.32 Å². The summed E-state index contributed by atoms with van der Waals surface area (Å²) in [5, 5.41) is 14.3. The number of ether oxygens (including phenoxy) is 2. The maximum Gasteiger partial charge on any atom is 0.269 e. The maximum atomic E-state index is 10.8. The average molecular weight is 475 g/mol. The number of methoxy groups -OCH3 is 1. The number of hydrogen-bond acceptors (Lipinski definition) is 5. The first-order chi connectivity index (χ1) is 14.6. The van der Waals surface area contributed by atoms with Crippen LogP contribution in [0.15, 0.2) is 52.5 Å². The van der Waals surface area contributed by atoms with Crippen molar-refractivity contribution in [3.05, 3.63) is 73.8 Å². The highest BCUT2D eigenvalue weighted by Crippen LogP contribution is 2.34. The number of allylic oxidation sites excluding steroid dienone is 1. The fourth-order valence-corrected chi connectivity index (χ4v) is 3.93. The first kappa shape index (κ1) is 22.3. The van der Waals surface area contributed by atoms with Crippen LogP contribution < -0.4 is 14.8 Å². The molecule has 0 fully saturated rings. The van der Waals surface area contributed by atoms with E-state index in [1.165, 1.54) is 37.8 Å². The van der Waals surface area contributed by atoms with Crippen LogP contribution in [0.25, 0.3) is 0 Å². The Morgan fingerprint density at radius 2 is 1.97 bits per heavy atom. The largest absolute Gasteiger partial charge is 0.493 e. The molecule has 0 radical (unpaired) electrons. The van der Waals surface area contributed by atoms with E-state index in [2.05, 4.69) is 27.3 Å². The van der Waals surface area contributed by atoms with Crippen LogP contribution in [0, 0.1) is 10.1 Å². The SMILES string of the molecule is COc1cc(CNCCC2=CCCCC2)c(Br)cc1OCc1ccc([N+](=O)[O-])cc1. The topological polar surface area (TPSA) is 73.6 Å². The average Bonchev–Trinajstić information content (AvgIpc) is 2.77. The first-order valence-corrected chi connectivity index (χ1v) is 11.0. The smallest absolute Gasteiger partial charge is 0.269 e. The van der Waals surface area contributed by atoms with Gasteiger partial charge in [-0.25, -0.2) is 0 Å². The number of halogens is 1. The van der Waals surface area contributed by atoms with Crippen LogP contribution in [0.1, 0.15) is 43.2 Å². The van der Waals surface area contributed by atoms with E-state index >= 15 is 0 Å². The van der Waals surface area contributed by atoms with Gasteiger partial charge >= 0.3 is 0 Å². The van der Waals surface area contributed by atoms with E-state index in [0.717, 1.165) is 35.1 Å². The van der Waals surface area contributed by atoms with Crippen molar-refractivity contribution in [1.29, 1.82) is 0 Å². The van der Waals surface area contributed by atoms with Crippen LogP contribution in [0.3, 0.4) is 0 Å². The lowest BCUT2D eigenvalue weighted by atomic mass is 9.97. The van der Waals surface area contributed by atoms with Crippen molar-refractivity contribution in [2.24, 2.45) is 0 Å². The molecule has 3 rings (SSSR count). The van der Waals surface area contributed by atoms with Crippen LogP contribution in [0.2, 0.25) is 0 Å². The minimum absolute atomic E-state index is 0.0655. The summed E-state index contributed by atoms with van der Waals surface area (Å²) in [6, 6.07) is 10.2. The maximum absolute atomic E-state index is 10.8. The van der Waals surface area contributed by atoms with Crippen molar-refractivity contribution in [2.45, 2.75) is 45.3 Å². The third kappa shape index (κ3) is 6.31. The van der Waals surface area contributed by atoms with Gasteiger partial charge in [-0.05, 0) is 74.0 Å². The number of non-ortho nitro benzene ring substituents is 1. The number of nitrogens with zero attached hydrogens (tertiary/aromatic N) is 1. The molecule has 1 aliphatic carbocycles. The summed E-state index contributed by atoms with van der Waals surface area (Å²) in [7, 11) is 1.62. The predicted molar refractivity (Wildman–Crippen MR) is 121 cm³/mol. The van der Waals surface area contributed by atoms with Crippen LogP contribution >= 0.6 is 15.9 Å². The van der Waals surface area contributed by atoms with Gasteiger partial charge in [0.15, 0.2) is 11.5 Å². The fraction of sp³-hybridized carbons (Fsp3) is 0.391. The third-order valence-electron chi connectivity index (χ3n) is 5.20. The minimum Gasteiger partial charge on any atom is -0.493 e. The highest BCUT2D eigenvalue weighted by molar-refractivity contribution is 9.10. The molecule has 0 unspecified atom stereocenters. The van der Waals surface area contributed by atoms with Gasteiger partial charge in [0.1, 0.15) is 6.61 Å². The Hall–Kier alpha value is -2.38. The molecular formula is C23H27BrN2O4. The zero-order valence-electron chi connectivity index (χ0n) is 17.2. The Balaban J connectivity index is 1.56. The number of nitrogens with one attached hydrogen (secondary N) is 1. The van der Waals surface area contributed by atoms with Crippen molar-refractivity contribution in [3.63, 3.8) is 0 Å². The molecular weight excluding hydrogens is 448 g/mol. The quantitative estimate of drug-likeness (QED) is 0.200. The molecule has 0 aromatic heterocycles. The molecule has 2 aromatic carbocycles.